The van der Waals surface area contributed by atoms with Gasteiger partial charge in [0.1, 0.15) is 17.4 Å². The smallest absolute Gasteiger partial charge is 0.387 e. The van der Waals surface area contributed by atoms with Crippen LogP contribution in [-0.2, 0) is 6.54 Å². The lowest BCUT2D eigenvalue weighted by Gasteiger charge is -2.08. The van der Waals surface area contributed by atoms with E-state index in [9.17, 15) is 22.4 Å². The Bertz CT molecular complexity index is 639. The summed E-state index contributed by atoms with van der Waals surface area (Å²) >= 11 is 0. The van der Waals surface area contributed by atoms with E-state index in [0.29, 0.717) is 11.6 Å². The Hall–Kier alpha value is -2.57. The van der Waals surface area contributed by atoms with E-state index in [1.54, 1.807) is 0 Å². The third-order valence-corrected chi connectivity index (χ3v) is 2.73. The number of hydrogen-bond acceptors (Lipinski definition) is 2. The van der Waals surface area contributed by atoms with Crippen LogP contribution in [0.3, 0.4) is 0 Å². The number of ether oxygens (including phenoxy) is 1. The van der Waals surface area contributed by atoms with Crippen molar-refractivity contribution < 1.29 is 27.1 Å². The highest BCUT2D eigenvalue weighted by Gasteiger charge is 2.09. The normalized spacial score (nSPS) is 10.6. The highest BCUT2D eigenvalue weighted by Crippen LogP contribution is 2.15. The molecule has 0 heterocycles. The first-order valence-electron chi connectivity index (χ1n) is 6.22. The molecule has 116 valence electrons. The molecule has 0 aliphatic carbocycles. The van der Waals surface area contributed by atoms with Crippen molar-refractivity contribution in [3.63, 3.8) is 0 Å². The fourth-order valence-corrected chi connectivity index (χ4v) is 1.76. The lowest BCUT2D eigenvalue weighted by Crippen LogP contribution is -2.23. The second-order valence-corrected chi connectivity index (χ2v) is 4.36. The average molecular weight is 313 g/mol. The average Bonchev–Trinajstić information content (AvgIpc) is 2.44. The first-order chi connectivity index (χ1) is 10.4. The topological polar surface area (TPSA) is 38.3 Å². The van der Waals surface area contributed by atoms with Crippen molar-refractivity contribution in [3.8, 4) is 5.75 Å². The molecule has 22 heavy (non-hydrogen) atoms. The molecule has 0 fully saturated rings. The summed E-state index contributed by atoms with van der Waals surface area (Å²) in [5.74, 6) is -2.35. The molecule has 0 atom stereocenters. The first-order valence-corrected chi connectivity index (χ1v) is 6.22. The number of benzene rings is 2. The van der Waals surface area contributed by atoms with E-state index in [4.69, 9.17) is 0 Å². The molecule has 1 amide bonds. The number of carbonyl (C=O) groups excluding carboxylic acids is 1. The van der Waals surface area contributed by atoms with E-state index in [1.807, 2.05) is 0 Å². The van der Waals surface area contributed by atoms with Crippen molar-refractivity contribution in [1.82, 2.24) is 5.32 Å². The quantitative estimate of drug-likeness (QED) is 0.858. The summed E-state index contributed by atoms with van der Waals surface area (Å²) in [6, 6.07) is 8.13. The fourth-order valence-electron chi connectivity index (χ4n) is 1.76. The molecule has 7 heteroatoms. The Labute approximate surface area is 123 Å². The SMILES string of the molecule is O=C(NCc1ccc(OC(F)F)cc1)c1cc(F)cc(F)c1. The van der Waals surface area contributed by atoms with E-state index < -0.39 is 24.2 Å². The number of hydrogen-bond donors (Lipinski definition) is 1. The van der Waals surface area contributed by atoms with E-state index in [-0.39, 0.29) is 17.9 Å². The van der Waals surface area contributed by atoms with Gasteiger partial charge in [-0.3, -0.25) is 4.79 Å². The number of carbonyl (C=O) groups is 1. The highest BCUT2D eigenvalue weighted by molar-refractivity contribution is 5.94. The van der Waals surface area contributed by atoms with Crippen LogP contribution in [-0.4, -0.2) is 12.5 Å². The molecule has 3 nitrogen and oxygen atoms in total. The molecule has 0 saturated heterocycles. The Kier molecular flexibility index (Phi) is 4.98. The summed E-state index contributed by atoms with van der Waals surface area (Å²) in [5, 5.41) is 2.47. The molecule has 0 spiro atoms. The molecule has 1 N–H and O–H groups in total. The fraction of sp³-hybridized carbons (Fsp3) is 0.133. The molecule has 2 aromatic rings. The van der Waals surface area contributed by atoms with Crippen molar-refractivity contribution >= 4 is 5.91 Å². The maximum absolute atomic E-state index is 13.0. The third-order valence-electron chi connectivity index (χ3n) is 2.73. The summed E-state index contributed by atoms with van der Waals surface area (Å²) in [5.41, 5.74) is 0.474. The van der Waals surface area contributed by atoms with Gasteiger partial charge in [-0.15, -0.1) is 0 Å². The maximum Gasteiger partial charge on any atom is 0.387 e. The zero-order chi connectivity index (χ0) is 16.1. The van der Waals surface area contributed by atoms with Crippen LogP contribution in [0.5, 0.6) is 5.75 Å². The first kappa shape index (κ1) is 15.8. The molecule has 0 radical (unpaired) electrons. The van der Waals surface area contributed by atoms with Gasteiger partial charge < -0.3 is 10.1 Å². The van der Waals surface area contributed by atoms with E-state index in [1.165, 1.54) is 24.3 Å². The van der Waals surface area contributed by atoms with Crippen LogP contribution in [0.2, 0.25) is 0 Å². The molecule has 0 unspecified atom stereocenters. The van der Waals surface area contributed by atoms with Crippen LogP contribution in [0.4, 0.5) is 17.6 Å². The van der Waals surface area contributed by atoms with E-state index in [0.717, 1.165) is 12.1 Å². The van der Waals surface area contributed by atoms with Crippen molar-refractivity contribution in [2.24, 2.45) is 0 Å². The molecule has 0 aliphatic rings. The monoisotopic (exact) mass is 313 g/mol. The zero-order valence-electron chi connectivity index (χ0n) is 11.2. The number of alkyl halides is 2. The molecule has 0 aromatic heterocycles. The van der Waals surface area contributed by atoms with Gasteiger partial charge in [-0.1, -0.05) is 12.1 Å². The summed E-state index contributed by atoms with van der Waals surface area (Å²) in [6.07, 6.45) is 0. The molecule has 0 saturated carbocycles. The lowest BCUT2D eigenvalue weighted by atomic mass is 10.2. The van der Waals surface area contributed by atoms with Crippen LogP contribution < -0.4 is 10.1 Å². The van der Waals surface area contributed by atoms with E-state index >= 15 is 0 Å². The predicted octanol–water partition coefficient (Wildman–Crippen LogP) is 3.50. The molecular formula is C15H11F4NO2. The highest BCUT2D eigenvalue weighted by atomic mass is 19.3. The van der Waals surface area contributed by atoms with Crippen molar-refractivity contribution in [3.05, 3.63) is 65.2 Å². The summed E-state index contributed by atoms with van der Waals surface area (Å²) < 4.78 is 54.2. The van der Waals surface area contributed by atoms with Crippen molar-refractivity contribution in [2.75, 3.05) is 0 Å². The van der Waals surface area contributed by atoms with Gasteiger partial charge in [-0.05, 0) is 29.8 Å². The Morgan fingerprint density at radius 1 is 1.05 bits per heavy atom. The zero-order valence-corrected chi connectivity index (χ0v) is 11.2. The molecule has 2 rings (SSSR count). The van der Waals surface area contributed by atoms with Gasteiger partial charge in [0.25, 0.3) is 5.91 Å². The Balaban J connectivity index is 1.96. The largest absolute Gasteiger partial charge is 0.435 e. The van der Waals surface area contributed by atoms with Gasteiger partial charge >= 0.3 is 6.61 Å². The minimum Gasteiger partial charge on any atom is -0.435 e. The summed E-state index contributed by atoms with van der Waals surface area (Å²) in [7, 11) is 0. The number of halogens is 4. The van der Waals surface area contributed by atoms with Gasteiger partial charge in [0, 0.05) is 18.2 Å². The molecule has 2 aromatic carbocycles. The second kappa shape index (κ2) is 6.93. The summed E-state index contributed by atoms with van der Waals surface area (Å²) in [6.45, 7) is -2.83. The second-order valence-electron chi connectivity index (χ2n) is 4.36. The minimum absolute atomic E-state index is 0.00252. The standard InChI is InChI=1S/C15H11F4NO2/c16-11-5-10(6-12(17)7-11)14(21)20-8-9-1-3-13(4-2-9)22-15(18)19/h1-7,15H,8H2,(H,20,21). The van der Waals surface area contributed by atoms with Gasteiger partial charge in [0.05, 0.1) is 0 Å². The van der Waals surface area contributed by atoms with E-state index in [2.05, 4.69) is 10.1 Å². The number of nitrogens with one attached hydrogen (secondary N) is 1. The Morgan fingerprint density at radius 2 is 1.64 bits per heavy atom. The van der Waals surface area contributed by atoms with Crippen LogP contribution in [0.25, 0.3) is 0 Å². The van der Waals surface area contributed by atoms with Crippen LogP contribution in [0, 0.1) is 11.6 Å². The molecular weight excluding hydrogens is 302 g/mol. The van der Waals surface area contributed by atoms with Gasteiger partial charge in [0.15, 0.2) is 0 Å². The summed E-state index contributed by atoms with van der Waals surface area (Å²) in [4.78, 5) is 11.8. The van der Waals surface area contributed by atoms with Crippen molar-refractivity contribution in [1.29, 1.82) is 0 Å². The van der Waals surface area contributed by atoms with Crippen LogP contribution in [0.15, 0.2) is 42.5 Å². The van der Waals surface area contributed by atoms with Gasteiger partial charge in [-0.25, -0.2) is 8.78 Å². The molecule has 0 bridgehead atoms. The lowest BCUT2D eigenvalue weighted by molar-refractivity contribution is -0.0498. The number of amides is 1. The van der Waals surface area contributed by atoms with Gasteiger partial charge in [0.2, 0.25) is 0 Å². The van der Waals surface area contributed by atoms with Crippen molar-refractivity contribution in [2.45, 2.75) is 13.2 Å². The predicted molar refractivity (Wildman–Crippen MR) is 70.6 cm³/mol. The third kappa shape index (κ3) is 4.47. The Morgan fingerprint density at radius 3 is 2.18 bits per heavy atom. The number of rotatable bonds is 5. The van der Waals surface area contributed by atoms with Gasteiger partial charge in [-0.2, -0.15) is 8.78 Å². The van der Waals surface area contributed by atoms with Crippen LogP contribution in [0.1, 0.15) is 15.9 Å². The molecule has 0 aliphatic heterocycles. The minimum atomic E-state index is -2.91. The van der Waals surface area contributed by atoms with Crippen LogP contribution >= 0.6 is 0 Å². The maximum atomic E-state index is 13.0.